The van der Waals surface area contributed by atoms with E-state index in [9.17, 15) is 13.2 Å². The number of rotatable bonds is 2. The molecule has 0 unspecified atom stereocenters. The Morgan fingerprint density at radius 2 is 2.00 bits per heavy atom. The topological polar surface area (TPSA) is 12.9 Å². The first-order valence-corrected chi connectivity index (χ1v) is 4.05. The van der Waals surface area contributed by atoms with Gasteiger partial charge in [-0.15, -0.1) is 0 Å². The molecule has 0 amide bonds. The standard InChI is InChI=1S/C9H10F3N/c1-2-3-7-4-8(6-13-5-7)9(10,11)12/h4-6H,2-3H2,1H3. The molecule has 0 aliphatic heterocycles. The van der Waals surface area contributed by atoms with Crippen molar-refractivity contribution in [1.29, 1.82) is 0 Å². The van der Waals surface area contributed by atoms with E-state index < -0.39 is 11.7 Å². The van der Waals surface area contributed by atoms with Crippen LogP contribution in [-0.2, 0) is 12.6 Å². The zero-order chi connectivity index (χ0) is 9.90. The van der Waals surface area contributed by atoms with Gasteiger partial charge in [0.15, 0.2) is 0 Å². The highest BCUT2D eigenvalue weighted by molar-refractivity contribution is 5.20. The van der Waals surface area contributed by atoms with Gasteiger partial charge in [-0.1, -0.05) is 13.3 Å². The summed E-state index contributed by atoms with van der Waals surface area (Å²) in [6.07, 6.45) is -0.505. The summed E-state index contributed by atoms with van der Waals surface area (Å²) in [5.74, 6) is 0. The molecule has 0 saturated carbocycles. The van der Waals surface area contributed by atoms with Crippen molar-refractivity contribution in [3.8, 4) is 0 Å². The van der Waals surface area contributed by atoms with E-state index in [-0.39, 0.29) is 0 Å². The molecule has 1 rings (SSSR count). The lowest BCUT2D eigenvalue weighted by molar-refractivity contribution is -0.137. The predicted octanol–water partition coefficient (Wildman–Crippen LogP) is 3.05. The van der Waals surface area contributed by atoms with Crippen LogP contribution < -0.4 is 0 Å². The largest absolute Gasteiger partial charge is 0.417 e. The van der Waals surface area contributed by atoms with Crippen LogP contribution in [0.4, 0.5) is 13.2 Å². The summed E-state index contributed by atoms with van der Waals surface area (Å²) in [7, 11) is 0. The molecule has 13 heavy (non-hydrogen) atoms. The highest BCUT2D eigenvalue weighted by Crippen LogP contribution is 2.28. The number of nitrogens with zero attached hydrogens (tertiary/aromatic N) is 1. The minimum absolute atomic E-state index is 0.636. The highest BCUT2D eigenvalue weighted by atomic mass is 19.4. The number of aromatic nitrogens is 1. The van der Waals surface area contributed by atoms with E-state index in [1.54, 1.807) is 0 Å². The maximum absolute atomic E-state index is 12.2. The fourth-order valence-electron chi connectivity index (χ4n) is 1.07. The Labute approximate surface area is 74.6 Å². The van der Waals surface area contributed by atoms with Gasteiger partial charge in [0.2, 0.25) is 0 Å². The third-order valence-electron chi connectivity index (χ3n) is 1.66. The molecule has 0 atom stereocenters. The first-order chi connectivity index (χ1) is 6.04. The van der Waals surface area contributed by atoms with Gasteiger partial charge >= 0.3 is 6.18 Å². The maximum Gasteiger partial charge on any atom is 0.417 e. The molecular weight excluding hydrogens is 179 g/mol. The van der Waals surface area contributed by atoms with Crippen LogP contribution in [0.2, 0.25) is 0 Å². The molecule has 0 N–H and O–H groups in total. The molecule has 0 aliphatic rings. The Hall–Kier alpha value is -1.06. The Kier molecular flexibility index (Phi) is 2.90. The molecule has 0 aliphatic carbocycles. The molecular formula is C9H10F3N. The van der Waals surface area contributed by atoms with Gasteiger partial charge in [0.25, 0.3) is 0 Å². The molecule has 0 aromatic carbocycles. The van der Waals surface area contributed by atoms with Crippen molar-refractivity contribution in [2.24, 2.45) is 0 Å². The first-order valence-electron chi connectivity index (χ1n) is 4.05. The molecule has 72 valence electrons. The third kappa shape index (κ3) is 2.72. The van der Waals surface area contributed by atoms with Crippen molar-refractivity contribution >= 4 is 0 Å². The van der Waals surface area contributed by atoms with E-state index in [1.165, 1.54) is 6.20 Å². The van der Waals surface area contributed by atoms with E-state index in [2.05, 4.69) is 4.98 Å². The van der Waals surface area contributed by atoms with E-state index in [0.717, 1.165) is 18.7 Å². The molecule has 1 nitrogen and oxygen atoms in total. The average molecular weight is 189 g/mol. The Morgan fingerprint density at radius 3 is 2.54 bits per heavy atom. The van der Waals surface area contributed by atoms with Crippen molar-refractivity contribution < 1.29 is 13.2 Å². The summed E-state index contributed by atoms with van der Waals surface area (Å²) in [5, 5.41) is 0. The molecule has 1 aromatic heterocycles. The fraction of sp³-hybridized carbons (Fsp3) is 0.444. The quantitative estimate of drug-likeness (QED) is 0.696. The summed E-state index contributed by atoms with van der Waals surface area (Å²) >= 11 is 0. The Morgan fingerprint density at radius 1 is 1.31 bits per heavy atom. The number of aryl methyl sites for hydroxylation is 1. The van der Waals surface area contributed by atoms with E-state index in [1.807, 2.05) is 6.92 Å². The normalized spacial score (nSPS) is 11.7. The second-order valence-corrected chi connectivity index (χ2v) is 2.83. The summed E-state index contributed by atoms with van der Waals surface area (Å²) in [4.78, 5) is 3.55. The lowest BCUT2D eigenvalue weighted by atomic mass is 10.1. The molecule has 0 spiro atoms. The Bertz CT molecular complexity index is 280. The second-order valence-electron chi connectivity index (χ2n) is 2.83. The molecule has 0 fully saturated rings. The molecule has 1 aromatic rings. The van der Waals surface area contributed by atoms with Gasteiger partial charge in [-0.2, -0.15) is 13.2 Å². The third-order valence-corrected chi connectivity index (χ3v) is 1.66. The van der Waals surface area contributed by atoms with Crippen molar-refractivity contribution in [2.45, 2.75) is 25.9 Å². The number of hydrogen-bond acceptors (Lipinski definition) is 1. The van der Waals surface area contributed by atoms with Gasteiger partial charge in [0.1, 0.15) is 0 Å². The Balaban J connectivity index is 2.92. The predicted molar refractivity (Wildman–Crippen MR) is 43.2 cm³/mol. The summed E-state index contributed by atoms with van der Waals surface area (Å²) in [6.45, 7) is 1.92. The minimum Gasteiger partial charge on any atom is -0.264 e. The van der Waals surface area contributed by atoms with Crippen LogP contribution in [0.15, 0.2) is 18.5 Å². The van der Waals surface area contributed by atoms with E-state index in [4.69, 9.17) is 0 Å². The second kappa shape index (κ2) is 3.77. The molecule has 0 radical (unpaired) electrons. The van der Waals surface area contributed by atoms with Crippen molar-refractivity contribution in [2.75, 3.05) is 0 Å². The van der Waals surface area contributed by atoms with Gasteiger partial charge in [-0.3, -0.25) is 4.98 Å². The summed E-state index contributed by atoms with van der Waals surface area (Å²) in [5.41, 5.74) is -0.0317. The first kappa shape index (κ1) is 10.0. The fourth-order valence-corrected chi connectivity index (χ4v) is 1.07. The van der Waals surface area contributed by atoms with Crippen LogP contribution in [-0.4, -0.2) is 4.98 Å². The minimum atomic E-state index is -4.28. The lowest BCUT2D eigenvalue weighted by Gasteiger charge is -2.06. The zero-order valence-corrected chi connectivity index (χ0v) is 7.23. The van der Waals surface area contributed by atoms with E-state index in [0.29, 0.717) is 12.0 Å². The summed E-state index contributed by atoms with van der Waals surface area (Å²) in [6, 6.07) is 1.15. The van der Waals surface area contributed by atoms with Crippen LogP contribution in [0.5, 0.6) is 0 Å². The van der Waals surface area contributed by atoms with Gasteiger partial charge in [0.05, 0.1) is 5.56 Å². The highest BCUT2D eigenvalue weighted by Gasteiger charge is 2.30. The van der Waals surface area contributed by atoms with Gasteiger partial charge in [-0.05, 0) is 18.1 Å². The SMILES string of the molecule is CCCc1cncc(C(F)(F)F)c1. The van der Waals surface area contributed by atoms with Crippen molar-refractivity contribution in [1.82, 2.24) is 4.98 Å². The average Bonchev–Trinajstić information content (AvgIpc) is 2.04. The zero-order valence-electron chi connectivity index (χ0n) is 7.23. The number of pyridine rings is 1. The monoisotopic (exact) mass is 189 g/mol. The number of hydrogen-bond donors (Lipinski definition) is 0. The van der Waals surface area contributed by atoms with Crippen molar-refractivity contribution in [3.63, 3.8) is 0 Å². The smallest absolute Gasteiger partial charge is 0.264 e. The number of alkyl halides is 3. The molecule has 4 heteroatoms. The van der Waals surface area contributed by atoms with Crippen LogP contribution in [0.1, 0.15) is 24.5 Å². The van der Waals surface area contributed by atoms with Crippen molar-refractivity contribution in [3.05, 3.63) is 29.6 Å². The van der Waals surface area contributed by atoms with E-state index >= 15 is 0 Å². The number of halogens is 3. The van der Waals surface area contributed by atoms with Gasteiger partial charge in [-0.25, -0.2) is 0 Å². The van der Waals surface area contributed by atoms with Crippen LogP contribution in [0, 0.1) is 0 Å². The summed E-state index contributed by atoms with van der Waals surface area (Å²) < 4.78 is 36.5. The van der Waals surface area contributed by atoms with Gasteiger partial charge < -0.3 is 0 Å². The molecule has 0 bridgehead atoms. The molecule has 1 heterocycles. The van der Waals surface area contributed by atoms with Crippen LogP contribution >= 0.6 is 0 Å². The van der Waals surface area contributed by atoms with Crippen LogP contribution in [0.25, 0.3) is 0 Å². The van der Waals surface area contributed by atoms with Crippen LogP contribution in [0.3, 0.4) is 0 Å². The van der Waals surface area contributed by atoms with Gasteiger partial charge in [0, 0.05) is 12.4 Å². The molecule has 0 saturated heterocycles. The maximum atomic E-state index is 12.2. The lowest BCUT2D eigenvalue weighted by Crippen LogP contribution is -2.06.